The van der Waals surface area contributed by atoms with Crippen LogP contribution in [0, 0.1) is 12.3 Å². The SMILES string of the molecule is C#CCCC1(CCOc2ccc(-c3ccc(Nc4nc(N5CCOCC5)nc5c4CN(C(C)C)C5=O)cc3)cc2)N=N1. The first-order valence-corrected chi connectivity index (χ1v) is 14.5. The quantitative estimate of drug-likeness (QED) is 0.309. The Morgan fingerprint density at radius 2 is 1.71 bits per heavy atom. The summed E-state index contributed by atoms with van der Waals surface area (Å²) in [7, 11) is 0. The normalized spacial score (nSPS) is 16.9. The summed E-state index contributed by atoms with van der Waals surface area (Å²) in [6, 6.07) is 16.3. The molecule has 0 radical (unpaired) electrons. The molecule has 0 bridgehead atoms. The van der Waals surface area contributed by atoms with Gasteiger partial charge in [0, 0.05) is 49.6 Å². The Morgan fingerprint density at radius 1 is 1.02 bits per heavy atom. The summed E-state index contributed by atoms with van der Waals surface area (Å²) in [5, 5.41) is 11.8. The van der Waals surface area contributed by atoms with Gasteiger partial charge in [0.1, 0.15) is 17.3 Å². The number of benzene rings is 2. The van der Waals surface area contributed by atoms with E-state index in [2.05, 4.69) is 50.6 Å². The first kappa shape index (κ1) is 27.7. The van der Waals surface area contributed by atoms with E-state index in [0.29, 0.717) is 63.3 Å². The van der Waals surface area contributed by atoms with E-state index in [4.69, 9.17) is 25.9 Å². The average Bonchev–Trinajstić information content (AvgIpc) is 3.71. The van der Waals surface area contributed by atoms with Gasteiger partial charge in [0.05, 0.1) is 26.4 Å². The molecule has 3 aromatic rings. The molecule has 10 heteroatoms. The van der Waals surface area contributed by atoms with Gasteiger partial charge in [-0.2, -0.15) is 15.2 Å². The molecule has 1 amide bonds. The van der Waals surface area contributed by atoms with Crippen LogP contribution in [-0.4, -0.2) is 65.4 Å². The van der Waals surface area contributed by atoms with Gasteiger partial charge in [0.2, 0.25) is 5.95 Å². The fourth-order valence-corrected chi connectivity index (χ4v) is 5.23. The molecule has 1 fully saturated rings. The second-order valence-electron chi connectivity index (χ2n) is 11.0. The van der Waals surface area contributed by atoms with Gasteiger partial charge in [-0.1, -0.05) is 24.3 Å². The van der Waals surface area contributed by atoms with E-state index in [1.807, 2.05) is 43.0 Å². The van der Waals surface area contributed by atoms with Crippen LogP contribution in [0.15, 0.2) is 58.8 Å². The number of terminal acetylenes is 1. The summed E-state index contributed by atoms with van der Waals surface area (Å²) in [5.41, 5.74) is 4.03. The largest absolute Gasteiger partial charge is 0.493 e. The van der Waals surface area contributed by atoms with Gasteiger partial charge in [-0.05, 0) is 49.2 Å². The predicted molar refractivity (Wildman–Crippen MR) is 161 cm³/mol. The second-order valence-corrected chi connectivity index (χ2v) is 11.0. The molecule has 0 aliphatic carbocycles. The van der Waals surface area contributed by atoms with Crippen molar-refractivity contribution in [2.45, 2.75) is 51.4 Å². The number of hydrogen-bond donors (Lipinski definition) is 1. The maximum Gasteiger partial charge on any atom is 0.273 e. The van der Waals surface area contributed by atoms with Crippen LogP contribution in [0.4, 0.5) is 17.5 Å². The minimum Gasteiger partial charge on any atom is -0.493 e. The Bertz CT molecular complexity index is 1500. The first-order chi connectivity index (χ1) is 20.4. The zero-order valence-corrected chi connectivity index (χ0v) is 24.0. The van der Waals surface area contributed by atoms with Gasteiger partial charge in [0.25, 0.3) is 5.91 Å². The number of morpholine rings is 1. The van der Waals surface area contributed by atoms with E-state index < -0.39 is 0 Å². The lowest BCUT2D eigenvalue weighted by molar-refractivity contribution is 0.0726. The predicted octanol–water partition coefficient (Wildman–Crippen LogP) is 5.43. The maximum absolute atomic E-state index is 13.2. The third-order valence-corrected chi connectivity index (χ3v) is 7.86. The molecule has 1 saturated heterocycles. The molecule has 1 N–H and O–H groups in total. The number of carbonyl (C=O) groups is 1. The summed E-state index contributed by atoms with van der Waals surface area (Å²) in [6.07, 6.45) is 7.55. The van der Waals surface area contributed by atoms with Crippen molar-refractivity contribution >= 4 is 23.4 Å². The molecular weight excluding hydrogens is 530 g/mol. The van der Waals surface area contributed by atoms with Crippen molar-refractivity contribution in [1.82, 2.24) is 14.9 Å². The molecule has 0 spiro atoms. The van der Waals surface area contributed by atoms with Crippen LogP contribution in [-0.2, 0) is 11.3 Å². The molecule has 10 nitrogen and oxygen atoms in total. The number of aromatic nitrogens is 2. The molecule has 0 unspecified atom stereocenters. The van der Waals surface area contributed by atoms with Crippen molar-refractivity contribution in [3.8, 4) is 29.2 Å². The standard InChI is InChI=1S/C32H35N7O3/c1-4-5-14-32(36-37-32)15-18-42-26-12-8-24(9-13-26)23-6-10-25(11-7-23)33-29-27-21-39(22(2)3)30(40)28(27)34-31(35-29)38-16-19-41-20-17-38/h1,6-13,22H,5,14-21H2,2-3H3,(H,33,34,35). The first-order valence-electron chi connectivity index (χ1n) is 14.5. The Balaban J connectivity index is 1.13. The van der Waals surface area contributed by atoms with Crippen molar-refractivity contribution < 1.29 is 14.3 Å². The highest BCUT2D eigenvalue weighted by Gasteiger charge is 2.39. The number of nitrogens with one attached hydrogen (secondary N) is 1. The summed E-state index contributed by atoms with van der Waals surface area (Å²) < 4.78 is 11.4. The average molecular weight is 566 g/mol. The highest BCUT2D eigenvalue weighted by molar-refractivity contribution is 5.98. The lowest BCUT2D eigenvalue weighted by atomic mass is 10.0. The van der Waals surface area contributed by atoms with Gasteiger partial charge >= 0.3 is 0 Å². The molecule has 216 valence electrons. The van der Waals surface area contributed by atoms with E-state index in [0.717, 1.165) is 41.0 Å². The molecule has 6 rings (SSSR count). The third-order valence-electron chi connectivity index (χ3n) is 7.86. The van der Waals surface area contributed by atoms with Crippen LogP contribution in [0.2, 0.25) is 0 Å². The molecule has 0 saturated carbocycles. The number of nitrogens with zero attached hydrogens (tertiary/aromatic N) is 6. The second kappa shape index (κ2) is 11.8. The van der Waals surface area contributed by atoms with Crippen LogP contribution < -0.4 is 15.0 Å². The zero-order chi connectivity index (χ0) is 29.1. The van der Waals surface area contributed by atoms with Crippen LogP contribution in [0.25, 0.3) is 11.1 Å². The number of amides is 1. The van der Waals surface area contributed by atoms with E-state index in [1.54, 1.807) is 0 Å². The van der Waals surface area contributed by atoms with Gasteiger partial charge in [-0.25, -0.2) is 4.98 Å². The molecule has 0 atom stereocenters. The minimum absolute atomic E-state index is 0.0522. The van der Waals surface area contributed by atoms with E-state index in [-0.39, 0.29) is 17.6 Å². The molecule has 42 heavy (non-hydrogen) atoms. The molecule has 1 aromatic heterocycles. The molecule has 3 aliphatic rings. The maximum atomic E-state index is 13.2. The van der Waals surface area contributed by atoms with E-state index in [9.17, 15) is 4.79 Å². The monoisotopic (exact) mass is 565 g/mol. The van der Waals surface area contributed by atoms with Gasteiger partial charge < -0.3 is 24.6 Å². The summed E-state index contributed by atoms with van der Waals surface area (Å²) in [6.45, 7) is 7.67. The fourth-order valence-electron chi connectivity index (χ4n) is 5.23. The zero-order valence-electron chi connectivity index (χ0n) is 24.0. The number of fused-ring (bicyclic) bond motifs is 1. The lowest BCUT2D eigenvalue weighted by Crippen LogP contribution is -2.37. The Hall–Kier alpha value is -4.49. The van der Waals surface area contributed by atoms with Crippen LogP contribution in [0.3, 0.4) is 0 Å². The van der Waals surface area contributed by atoms with Crippen molar-refractivity contribution in [2.24, 2.45) is 10.2 Å². The lowest BCUT2D eigenvalue weighted by Gasteiger charge is -2.27. The fraction of sp³-hybridized carbons (Fsp3) is 0.406. The number of anilines is 3. The number of rotatable bonds is 11. The highest BCUT2D eigenvalue weighted by atomic mass is 16.5. The van der Waals surface area contributed by atoms with Gasteiger partial charge in [0.15, 0.2) is 5.66 Å². The van der Waals surface area contributed by atoms with Crippen LogP contribution in [0.5, 0.6) is 5.75 Å². The van der Waals surface area contributed by atoms with Gasteiger partial charge in [-0.3, -0.25) is 4.79 Å². The summed E-state index contributed by atoms with van der Waals surface area (Å²) in [4.78, 5) is 26.7. The Kier molecular flexibility index (Phi) is 7.76. The highest BCUT2D eigenvalue weighted by Crippen LogP contribution is 2.37. The van der Waals surface area contributed by atoms with E-state index >= 15 is 0 Å². The van der Waals surface area contributed by atoms with E-state index in [1.165, 1.54) is 0 Å². The Morgan fingerprint density at radius 3 is 2.36 bits per heavy atom. The summed E-state index contributed by atoms with van der Waals surface area (Å²) >= 11 is 0. The van der Waals surface area contributed by atoms with Crippen LogP contribution in [0.1, 0.15) is 49.2 Å². The topological polar surface area (TPSA) is 105 Å². The Labute approximate surface area is 246 Å². The summed E-state index contributed by atoms with van der Waals surface area (Å²) in [5.74, 6) is 4.63. The van der Waals surface area contributed by atoms with Crippen molar-refractivity contribution in [2.75, 3.05) is 43.1 Å². The van der Waals surface area contributed by atoms with Crippen molar-refractivity contribution in [3.05, 3.63) is 59.8 Å². The number of carbonyl (C=O) groups excluding carboxylic acids is 1. The molecule has 2 aromatic carbocycles. The number of ether oxygens (including phenoxy) is 2. The molecule has 3 aliphatic heterocycles. The number of hydrogen-bond acceptors (Lipinski definition) is 9. The van der Waals surface area contributed by atoms with Crippen molar-refractivity contribution in [1.29, 1.82) is 0 Å². The molecular formula is C32H35N7O3. The third kappa shape index (κ3) is 5.92. The van der Waals surface area contributed by atoms with Gasteiger partial charge in [-0.15, -0.1) is 12.3 Å². The van der Waals surface area contributed by atoms with Crippen LogP contribution >= 0.6 is 0 Å². The smallest absolute Gasteiger partial charge is 0.273 e. The minimum atomic E-state index is -0.332. The van der Waals surface area contributed by atoms with Crippen molar-refractivity contribution in [3.63, 3.8) is 0 Å². The molecule has 4 heterocycles.